The summed E-state index contributed by atoms with van der Waals surface area (Å²) in [5.41, 5.74) is 2.12. The molecular formula is C21H21N3O3. The van der Waals surface area contributed by atoms with Crippen LogP contribution in [0.1, 0.15) is 19.4 Å². The van der Waals surface area contributed by atoms with Gasteiger partial charge in [0.25, 0.3) is 11.8 Å². The van der Waals surface area contributed by atoms with Crippen molar-refractivity contribution in [2.24, 2.45) is 0 Å². The van der Waals surface area contributed by atoms with E-state index in [1.165, 1.54) is 6.08 Å². The zero-order valence-electron chi connectivity index (χ0n) is 15.3. The van der Waals surface area contributed by atoms with Gasteiger partial charge < -0.3 is 4.90 Å². The van der Waals surface area contributed by atoms with Crippen LogP contribution in [-0.4, -0.2) is 30.9 Å². The van der Waals surface area contributed by atoms with Crippen LogP contribution < -0.4 is 15.1 Å². The van der Waals surface area contributed by atoms with Gasteiger partial charge in [-0.1, -0.05) is 30.3 Å². The molecule has 0 radical (unpaired) electrons. The van der Waals surface area contributed by atoms with Crippen LogP contribution >= 0.6 is 0 Å². The van der Waals surface area contributed by atoms with E-state index < -0.39 is 17.8 Å². The minimum Gasteiger partial charge on any atom is -0.372 e. The fraction of sp³-hybridized carbons (Fsp3) is 0.190. The molecule has 0 aliphatic carbocycles. The first-order chi connectivity index (χ1) is 13.0. The molecule has 1 saturated heterocycles. The second-order valence-electron chi connectivity index (χ2n) is 6.06. The first-order valence-corrected chi connectivity index (χ1v) is 8.86. The molecule has 138 valence electrons. The van der Waals surface area contributed by atoms with Crippen LogP contribution in [0.25, 0.3) is 6.08 Å². The van der Waals surface area contributed by atoms with Gasteiger partial charge in [-0.15, -0.1) is 0 Å². The molecule has 0 aromatic heterocycles. The summed E-state index contributed by atoms with van der Waals surface area (Å²) in [6.07, 6.45) is 1.51. The van der Waals surface area contributed by atoms with E-state index in [1.807, 2.05) is 24.3 Å². The lowest BCUT2D eigenvalue weighted by atomic mass is 10.1. The summed E-state index contributed by atoms with van der Waals surface area (Å²) in [6.45, 7) is 5.96. The highest BCUT2D eigenvalue weighted by atomic mass is 16.2. The Morgan fingerprint density at radius 3 is 2.15 bits per heavy atom. The van der Waals surface area contributed by atoms with E-state index in [-0.39, 0.29) is 5.57 Å². The molecule has 3 rings (SSSR count). The maximum atomic E-state index is 12.8. The molecule has 0 bridgehead atoms. The number of nitrogens with zero attached hydrogens (tertiary/aromatic N) is 2. The van der Waals surface area contributed by atoms with Crippen molar-refractivity contribution in [3.8, 4) is 0 Å². The molecule has 27 heavy (non-hydrogen) atoms. The number of para-hydroxylation sites is 1. The highest BCUT2D eigenvalue weighted by Crippen LogP contribution is 2.22. The smallest absolute Gasteiger partial charge is 0.335 e. The number of rotatable bonds is 5. The molecule has 1 aliphatic heterocycles. The third-order valence-corrected chi connectivity index (χ3v) is 4.45. The van der Waals surface area contributed by atoms with Gasteiger partial charge in [0.05, 0.1) is 5.69 Å². The fourth-order valence-electron chi connectivity index (χ4n) is 3.01. The third kappa shape index (κ3) is 3.74. The predicted molar refractivity (Wildman–Crippen MR) is 105 cm³/mol. The standard InChI is InChI=1S/C21H21N3O3/c1-3-23(4-2)16-12-10-15(11-13-16)14-18-19(25)22-21(27)24(20(18)26)17-8-6-5-7-9-17/h5-14H,3-4H2,1-2H3,(H,22,25,27). The number of carbonyl (C=O) groups is 3. The van der Waals surface area contributed by atoms with Gasteiger partial charge in [0.1, 0.15) is 5.57 Å². The molecule has 1 heterocycles. The van der Waals surface area contributed by atoms with Crippen LogP contribution in [0.4, 0.5) is 16.2 Å². The zero-order chi connectivity index (χ0) is 19.4. The Morgan fingerprint density at radius 2 is 1.56 bits per heavy atom. The normalized spacial score (nSPS) is 15.9. The molecule has 1 fully saturated rings. The number of imide groups is 2. The van der Waals surface area contributed by atoms with Crippen molar-refractivity contribution in [1.29, 1.82) is 0 Å². The average molecular weight is 363 g/mol. The Labute approximate surface area is 158 Å². The number of nitrogens with one attached hydrogen (secondary N) is 1. The molecule has 0 saturated carbocycles. The van der Waals surface area contributed by atoms with Gasteiger partial charge in [0.2, 0.25) is 0 Å². The Hall–Kier alpha value is -3.41. The number of carbonyl (C=O) groups excluding carboxylic acids is 3. The molecule has 1 N–H and O–H groups in total. The van der Waals surface area contributed by atoms with E-state index in [0.29, 0.717) is 11.3 Å². The molecule has 4 amide bonds. The Balaban J connectivity index is 1.91. The molecule has 6 heteroatoms. The van der Waals surface area contributed by atoms with Gasteiger partial charge in [-0.2, -0.15) is 0 Å². The van der Waals surface area contributed by atoms with Gasteiger partial charge in [0, 0.05) is 18.8 Å². The Kier molecular flexibility index (Phi) is 5.35. The number of anilines is 2. The van der Waals surface area contributed by atoms with Gasteiger partial charge in [-0.05, 0) is 49.8 Å². The summed E-state index contributed by atoms with van der Waals surface area (Å²) >= 11 is 0. The number of amides is 4. The van der Waals surface area contributed by atoms with Gasteiger partial charge in [-0.3, -0.25) is 14.9 Å². The number of barbiturate groups is 1. The molecule has 0 spiro atoms. The van der Waals surface area contributed by atoms with Crippen LogP contribution in [0.15, 0.2) is 60.2 Å². The predicted octanol–water partition coefficient (Wildman–Crippen LogP) is 3.20. The molecule has 1 aliphatic rings. The van der Waals surface area contributed by atoms with Gasteiger partial charge in [0.15, 0.2) is 0 Å². The van der Waals surface area contributed by atoms with E-state index >= 15 is 0 Å². The monoisotopic (exact) mass is 363 g/mol. The summed E-state index contributed by atoms with van der Waals surface area (Å²) in [5.74, 6) is -1.33. The summed E-state index contributed by atoms with van der Waals surface area (Å²) in [6, 6.07) is 15.4. The molecule has 0 unspecified atom stereocenters. The second-order valence-corrected chi connectivity index (χ2v) is 6.06. The van der Waals surface area contributed by atoms with Crippen LogP contribution in [0.5, 0.6) is 0 Å². The van der Waals surface area contributed by atoms with Crippen molar-refractivity contribution < 1.29 is 14.4 Å². The number of hydrogen-bond acceptors (Lipinski definition) is 4. The van der Waals surface area contributed by atoms with E-state index in [4.69, 9.17) is 0 Å². The maximum absolute atomic E-state index is 12.8. The van der Waals surface area contributed by atoms with E-state index in [0.717, 1.165) is 23.7 Å². The highest BCUT2D eigenvalue weighted by Gasteiger charge is 2.36. The molecule has 2 aromatic carbocycles. The van der Waals surface area contributed by atoms with E-state index in [1.54, 1.807) is 30.3 Å². The molecule has 2 aromatic rings. The lowest BCUT2D eigenvalue weighted by Crippen LogP contribution is -2.54. The minimum absolute atomic E-state index is 0.0750. The van der Waals surface area contributed by atoms with Crippen molar-refractivity contribution in [3.63, 3.8) is 0 Å². The second kappa shape index (κ2) is 7.86. The minimum atomic E-state index is -0.745. The van der Waals surface area contributed by atoms with E-state index in [2.05, 4.69) is 24.1 Å². The topological polar surface area (TPSA) is 69.7 Å². The van der Waals surface area contributed by atoms with Crippen LogP contribution in [-0.2, 0) is 9.59 Å². The van der Waals surface area contributed by atoms with Crippen molar-refractivity contribution in [2.75, 3.05) is 22.9 Å². The first kappa shape index (κ1) is 18.4. The van der Waals surface area contributed by atoms with Crippen molar-refractivity contribution in [1.82, 2.24) is 5.32 Å². The first-order valence-electron chi connectivity index (χ1n) is 8.86. The Bertz CT molecular complexity index is 885. The molecule has 0 atom stereocenters. The van der Waals surface area contributed by atoms with Crippen LogP contribution in [0.2, 0.25) is 0 Å². The van der Waals surface area contributed by atoms with E-state index in [9.17, 15) is 14.4 Å². The number of benzene rings is 2. The quantitative estimate of drug-likeness (QED) is 0.654. The van der Waals surface area contributed by atoms with Crippen LogP contribution in [0.3, 0.4) is 0 Å². The SMILES string of the molecule is CCN(CC)c1ccc(C=C2C(=O)NC(=O)N(c3ccccc3)C2=O)cc1. The summed E-state index contributed by atoms with van der Waals surface area (Å²) in [5, 5.41) is 2.23. The van der Waals surface area contributed by atoms with Crippen molar-refractivity contribution in [3.05, 3.63) is 65.7 Å². The van der Waals surface area contributed by atoms with Crippen LogP contribution in [0, 0.1) is 0 Å². The zero-order valence-corrected chi connectivity index (χ0v) is 15.3. The maximum Gasteiger partial charge on any atom is 0.335 e. The third-order valence-electron chi connectivity index (χ3n) is 4.45. The summed E-state index contributed by atoms with van der Waals surface area (Å²) in [7, 11) is 0. The average Bonchev–Trinajstić information content (AvgIpc) is 2.68. The highest BCUT2D eigenvalue weighted by molar-refractivity contribution is 6.39. The summed E-state index contributed by atoms with van der Waals surface area (Å²) < 4.78 is 0. The number of urea groups is 1. The van der Waals surface area contributed by atoms with Gasteiger partial charge >= 0.3 is 6.03 Å². The largest absolute Gasteiger partial charge is 0.372 e. The molecular weight excluding hydrogens is 342 g/mol. The summed E-state index contributed by atoms with van der Waals surface area (Å²) in [4.78, 5) is 40.3. The number of hydrogen-bond donors (Lipinski definition) is 1. The Morgan fingerprint density at radius 1 is 0.926 bits per heavy atom. The fourth-order valence-corrected chi connectivity index (χ4v) is 3.01. The van der Waals surface area contributed by atoms with Crippen molar-refractivity contribution >= 4 is 35.3 Å². The lowest BCUT2D eigenvalue weighted by Gasteiger charge is -2.26. The van der Waals surface area contributed by atoms with Gasteiger partial charge in [-0.25, -0.2) is 9.69 Å². The van der Waals surface area contributed by atoms with Crippen molar-refractivity contribution in [2.45, 2.75) is 13.8 Å². The lowest BCUT2D eigenvalue weighted by molar-refractivity contribution is -0.122. The molecule has 6 nitrogen and oxygen atoms in total.